The van der Waals surface area contributed by atoms with Crippen molar-refractivity contribution in [1.82, 2.24) is 14.5 Å². The topological polar surface area (TPSA) is 84.8 Å². The molecule has 0 aliphatic heterocycles. The largest absolute Gasteiger partial charge is 0.362 e. The van der Waals surface area contributed by atoms with E-state index in [0.717, 1.165) is 17.6 Å². The predicted molar refractivity (Wildman–Crippen MR) is 87.4 cm³/mol. The number of Topliss-reactive ketones (excluding diaryl/α,β-unsaturated/α-hetero) is 1. The lowest BCUT2D eigenvalue weighted by molar-refractivity contribution is 0.0970. The minimum atomic E-state index is -3.54. The Morgan fingerprint density at radius 2 is 1.96 bits per heavy atom. The highest BCUT2D eigenvalue weighted by molar-refractivity contribution is 7.90. The molecule has 0 fully saturated rings. The van der Waals surface area contributed by atoms with Gasteiger partial charge in [-0.15, -0.1) is 0 Å². The van der Waals surface area contributed by atoms with Crippen molar-refractivity contribution in [3.05, 3.63) is 47.3 Å². The fraction of sp³-hybridized carbons (Fsp3) is 0.250. The summed E-state index contributed by atoms with van der Waals surface area (Å²) in [6.07, 6.45) is 1.10. The molecule has 0 radical (unpaired) electrons. The van der Waals surface area contributed by atoms with Crippen LogP contribution >= 0.6 is 0 Å². The number of rotatable bonds is 4. The molecule has 120 valence electrons. The molecule has 0 amide bonds. The van der Waals surface area contributed by atoms with Crippen LogP contribution in [0.5, 0.6) is 0 Å². The zero-order valence-corrected chi connectivity index (χ0v) is 13.9. The van der Waals surface area contributed by atoms with E-state index in [2.05, 4.69) is 9.97 Å². The molecule has 3 rings (SSSR count). The lowest BCUT2D eigenvalue weighted by atomic mass is 10.1. The fourth-order valence-corrected chi connectivity index (χ4v) is 3.56. The highest BCUT2D eigenvalue weighted by atomic mass is 32.2. The van der Waals surface area contributed by atoms with Crippen LogP contribution in [0.2, 0.25) is 0 Å². The van der Waals surface area contributed by atoms with Gasteiger partial charge >= 0.3 is 0 Å². The first-order chi connectivity index (χ1) is 10.8. The van der Waals surface area contributed by atoms with Crippen molar-refractivity contribution in [3.8, 4) is 0 Å². The lowest BCUT2D eigenvalue weighted by Gasteiger charge is -2.07. The summed E-state index contributed by atoms with van der Waals surface area (Å²) in [5, 5.41) is -0.0861. The van der Waals surface area contributed by atoms with E-state index >= 15 is 0 Å². The van der Waals surface area contributed by atoms with E-state index in [1.54, 1.807) is 30.3 Å². The third-order valence-electron chi connectivity index (χ3n) is 3.70. The van der Waals surface area contributed by atoms with Crippen LogP contribution in [-0.2, 0) is 16.4 Å². The Balaban J connectivity index is 2.12. The Hall–Kier alpha value is -2.41. The third kappa shape index (κ3) is 2.79. The van der Waals surface area contributed by atoms with Crippen LogP contribution in [-0.4, -0.2) is 35.0 Å². The van der Waals surface area contributed by atoms with Gasteiger partial charge in [-0.25, -0.2) is 13.4 Å². The van der Waals surface area contributed by atoms with Crippen LogP contribution in [0.25, 0.3) is 11.0 Å². The molecule has 6 nitrogen and oxygen atoms in total. The van der Waals surface area contributed by atoms with Crippen molar-refractivity contribution in [3.63, 3.8) is 0 Å². The van der Waals surface area contributed by atoms with E-state index < -0.39 is 9.84 Å². The number of ketones is 1. The number of hydrogen-bond acceptors (Lipinski definition) is 4. The lowest BCUT2D eigenvalue weighted by Crippen LogP contribution is -2.16. The summed E-state index contributed by atoms with van der Waals surface area (Å²) in [5.74, 6) is -0.153. The molecule has 3 aromatic rings. The van der Waals surface area contributed by atoms with Crippen LogP contribution in [0, 0.1) is 13.8 Å². The highest BCUT2D eigenvalue weighted by Gasteiger charge is 2.22. The third-order valence-corrected chi connectivity index (χ3v) is 4.68. The summed E-state index contributed by atoms with van der Waals surface area (Å²) in [7, 11) is -3.54. The first-order valence-electron chi connectivity index (χ1n) is 7.12. The smallest absolute Gasteiger partial charge is 0.228 e. The van der Waals surface area contributed by atoms with Gasteiger partial charge in [0.25, 0.3) is 0 Å². The number of sulfone groups is 1. The maximum atomic E-state index is 12.6. The Morgan fingerprint density at radius 3 is 2.57 bits per heavy atom. The van der Waals surface area contributed by atoms with Crippen molar-refractivity contribution < 1.29 is 13.2 Å². The molecule has 23 heavy (non-hydrogen) atoms. The minimum Gasteiger partial charge on any atom is -0.362 e. The molecule has 1 aromatic carbocycles. The molecule has 7 heteroatoms. The van der Waals surface area contributed by atoms with Crippen LogP contribution in [0.1, 0.15) is 21.7 Å². The quantitative estimate of drug-likeness (QED) is 0.743. The van der Waals surface area contributed by atoms with Gasteiger partial charge in [0, 0.05) is 23.2 Å². The molecule has 0 spiro atoms. The zero-order valence-electron chi connectivity index (χ0n) is 13.1. The zero-order chi connectivity index (χ0) is 16.8. The van der Waals surface area contributed by atoms with Crippen LogP contribution in [0.4, 0.5) is 0 Å². The second kappa shape index (κ2) is 5.34. The average molecular weight is 331 g/mol. The first kappa shape index (κ1) is 15.5. The molecular weight excluding hydrogens is 314 g/mol. The van der Waals surface area contributed by atoms with Crippen molar-refractivity contribution in [2.24, 2.45) is 0 Å². The van der Waals surface area contributed by atoms with E-state index in [1.165, 1.54) is 4.57 Å². The molecule has 0 bridgehead atoms. The van der Waals surface area contributed by atoms with Gasteiger partial charge in [-0.05, 0) is 32.0 Å². The molecule has 2 aromatic heterocycles. The number of carbonyl (C=O) groups excluding carboxylic acids is 1. The summed E-state index contributed by atoms with van der Waals surface area (Å²) >= 11 is 0. The standard InChI is InChI=1S/C16H17N3O3S/c1-10-8-12(11(2)17-10)15(20)9-19-14-7-5-4-6-13(14)18-16(19)23(3,21)22/h4-8,17H,9H2,1-3H3. The molecule has 0 saturated heterocycles. The number of carbonyl (C=O) groups is 1. The first-order valence-corrected chi connectivity index (χ1v) is 9.01. The van der Waals surface area contributed by atoms with Crippen LogP contribution < -0.4 is 0 Å². The van der Waals surface area contributed by atoms with Crippen molar-refractivity contribution >= 4 is 26.7 Å². The number of fused-ring (bicyclic) bond motifs is 1. The molecule has 0 unspecified atom stereocenters. The van der Waals surface area contributed by atoms with Crippen molar-refractivity contribution in [2.75, 3.05) is 6.26 Å². The fourth-order valence-electron chi connectivity index (χ4n) is 2.73. The van der Waals surface area contributed by atoms with E-state index in [4.69, 9.17) is 0 Å². The number of benzene rings is 1. The average Bonchev–Trinajstić information content (AvgIpc) is 2.99. The number of imidazole rings is 1. The van der Waals surface area contributed by atoms with Gasteiger partial charge in [-0.2, -0.15) is 0 Å². The van der Waals surface area contributed by atoms with Crippen LogP contribution in [0.3, 0.4) is 0 Å². The number of aromatic nitrogens is 3. The molecule has 2 heterocycles. The molecule has 0 aliphatic rings. The van der Waals surface area contributed by atoms with Crippen molar-refractivity contribution in [1.29, 1.82) is 0 Å². The van der Waals surface area contributed by atoms with Gasteiger partial charge < -0.3 is 9.55 Å². The summed E-state index contributed by atoms with van der Waals surface area (Å²) < 4.78 is 25.5. The molecule has 0 aliphatic carbocycles. The monoisotopic (exact) mass is 331 g/mol. The summed E-state index contributed by atoms with van der Waals surface area (Å²) in [6.45, 7) is 3.63. The number of nitrogens with one attached hydrogen (secondary N) is 1. The second-order valence-corrected chi connectivity index (χ2v) is 7.57. The molecular formula is C16H17N3O3S. The Bertz CT molecular complexity index is 1010. The molecule has 0 saturated carbocycles. The maximum absolute atomic E-state index is 12.6. The summed E-state index contributed by atoms with van der Waals surface area (Å²) in [6, 6.07) is 8.85. The summed E-state index contributed by atoms with van der Waals surface area (Å²) in [4.78, 5) is 19.9. The highest BCUT2D eigenvalue weighted by Crippen LogP contribution is 2.21. The SMILES string of the molecule is Cc1cc(C(=O)Cn2c(S(C)(=O)=O)nc3ccccc32)c(C)[nH]1. The predicted octanol–water partition coefficient (Wildman–Crippen LogP) is 2.27. The minimum absolute atomic E-state index is 0.0684. The number of hydrogen-bond donors (Lipinski definition) is 1. The second-order valence-electron chi connectivity index (χ2n) is 5.66. The number of para-hydroxylation sites is 2. The number of aryl methyl sites for hydroxylation is 2. The van der Waals surface area contributed by atoms with E-state index in [0.29, 0.717) is 16.6 Å². The normalized spacial score (nSPS) is 12.0. The number of nitrogens with zero attached hydrogens (tertiary/aromatic N) is 2. The van der Waals surface area contributed by atoms with Crippen molar-refractivity contribution in [2.45, 2.75) is 25.5 Å². The van der Waals surface area contributed by atoms with Gasteiger partial charge in [-0.1, -0.05) is 12.1 Å². The van der Waals surface area contributed by atoms with E-state index in [1.807, 2.05) is 13.8 Å². The van der Waals surface area contributed by atoms with E-state index in [9.17, 15) is 13.2 Å². The summed E-state index contributed by atoms with van der Waals surface area (Å²) in [5.41, 5.74) is 3.43. The van der Waals surface area contributed by atoms with E-state index in [-0.39, 0.29) is 17.5 Å². The Labute approximate surface area is 134 Å². The van der Waals surface area contributed by atoms with Crippen LogP contribution in [0.15, 0.2) is 35.5 Å². The van der Waals surface area contributed by atoms with Gasteiger partial charge in [0.05, 0.1) is 17.6 Å². The maximum Gasteiger partial charge on any atom is 0.228 e. The number of H-pyrrole nitrogens is 1. The number of aromatic amines is 1. The van der Waals surface area contributed by atoms with Gasteiger partial charge in [0.2, 0.25) is 15.0 Å². The Kier molecular flexibility index (Phi) is 3.60. The van der Waals surface area contributed by atoms with Gasteiger partial charge in [-0.3, -0.25) is 4.79 Å². The molecule has 1 N–H and O–H groups in total. The van der Waals surface area contributed by atoms with Gasteiger partial charge in [0.1, 0.15) is 0 Å². The molecule has 0 atom stereocenters. The Morgan fingerprint density at radius 1 is 1.26 bits per heavy atom. The van der Waals surface area contributed by atoms with Gasteiger partial charge in [0.15, 0.2) is 5.78 Å².